The summed E-state index contributed by atoms with van der Waals surface area (Å²) >= 11 is 0. The van der Waals surface area contributed by atoms with Crippen LogP contribution in [-0.2, 0) is 33.3 Å². The van der Waals surface area contributed by atoms with E-state index in [9.17, 15) is 34.8 Å². The molecule has 4 N–H and O–H groups in total. The number of hydrogen-bond acceptors (Lipinski definition) is 10. The van der Waals surface area contributed by atoms with Gasteiger partial charge in [-0.2, -0.15) is 0 Å². The van der Waals surface area contributed by atoms with Crippen molar-refractivity contribution in [3.63, 3.8) is 0 Å². The van der Waals surface area contributed by atoms with Crippen LogP contribution in [0.1, 0.15) is 232 Å². The molecule has 6 unspecified atom stereocenters. The van der Waals surface area contributed by atoms with E-state index >= 15 is 0 Å². The molecule has 0 saturated carbocycles. The van der Waals surface area contributed by atoms with E-state index in [0.717, 1.165) is 38.5 Å². The highest BCUT2D eigenvalue weighted by molar-refractivity contribution is 5.73. The van der Waals surface area contributed by atoms with E-state index in [1.165, 1.54) is 154 Å². The lowest BCUT2D eigenvalue weighted by Gasteiger charge is -2.38. The van der Waals surface area contributed by atoms with Gasteiger partial charge in [0.05, 0.1) is 6.61 Å². The van der Waals surface area contributed by atoms with Gasteiger partial charge in [0, 0.05) is 12.8 Å². The molecule has 0 aromatic rings. The second-order valence-corrected chi connectivity index (χ2v) is 17.3. The summed E-state index contributed by atoms with van der Waals surface area (Å²) in [6.45, 7) is 3.83. The minimum Gasteiger partial charge on any atom is -0.479 e. The molecule has 1 fully saturated rings. The first-order valence-electron chi connectivity index (χ1n) is 24.7. The van der Waals surface area contributed by atoms with Crippen molar-refractivity contribution in [2.45, 2.75) is 269 Å². The number of carboxylic acid groups (broad SMARTS) is 1. The number of rotatable bonds is 42. The number of carbonyl (C=O) groups is 3. The van der Waals surface area contributed by atoms with Crippen molar-refractivity contribution in [1.82, 2.24) is 0 Å². The topological polar surface area (TPSA) is 169 Å². The summed E-state index contributed by atoms with van der Waals surface area (Å²) in [5, 5.41) is 39.9. The van der Waals surface area contributed by atoms with Crippen molar-refractivity contribution in [2.24, 2.45) is 0 Å². The molecule has 1 saturated heterocycles. The normalized spacial score (nSPS) is 19.8. The minimum atomic E-state index is -1.86. The standard InChI is InChI=1S/C49H90O11/c1-3-5-7-9-11-13-15-17-18-19-20-21-22-23-24-26-27-29-31-33-35-37-42(50)57-39-41(40-58-49-46(54)44(52)45(53)47(60-49)48(55)56)59-43(51)38-36-34-32-30-28-25-16-14-12-10-8-6-4-2/h19-20,41,44-47,49,52-54H,3-18,21-40H2,1-2H3,(H,55,56)/b20-19-. The van der Waals surface area contributed by atoms with Gasteiger partial charge in [0.1, 0.15) is 24.9 Å². The van der Waals surface area contributed by atoms with Gasteiger partial charge in [-0.15, -0.1) is 0 Å². The zero-order valence-electron chi connectivity index (χ0n) is 38.2. The average Bonchev–Trinajstić information content (AvgIpc) is 3.23. The Balaban J connectivity index is 2.28. The van der Waals surface area contributed by atoms with Crippen molar-refractivity contribution >= 4 is 17.9 Å². The van der Waals surface area contributed by atoms with E-state index in [4.69, 9.17) is 18.9 Å². The Labute approximate surface area is 365 Å². The van der Waals surface area contributed by atoms with Crippen LogP contribution in [0, 0.1) is 0 Å². The number of ether oxygens (including phenoxy) is 4. The summed E-state index contributed by atoms with van der Waals surface area (Å²) in [6.07, 6.45) is 34.1. The van der Waals surface area contributed by atoms with E-state index in [1.54, 1.807) is 0 Å². The molecule has 352 valence electrons. The zero-order valence-corrected chi connectivity index (χ0v) is 38.2. The third-order valence-corrected chi connectivity index (χ3v) is 11.6. The first kappa shape index (κ1) is 56.0. The van der Waals surface area contributed by atoms with E-state index in [1.807, 2.05) is 0 Å². The van der Waals surface area contributed by atoms with Crippen molar-refractivity contribution in [3.05, 3.63) is 12.2 Å². The minimum absolute atomic E-state index is 0.188. The van der Waals surface area contributed by atoms with Crippen molar-refractivity contribution in [2.75, 3.05) is 13.2 Å². The lowest BCUT2D eigenvalue weighted by molar-refractivity contribution is -0.298. The summed E-state index contributed by atoms with van der Waals surface area (Å²) in [5.74, 6) is -2.43. The molecule has 11 heteroatoms. The Hall–Kier alpha value is -2.05. The predicted molar refractivity (Wildman–Crippen MR) is 239 cm³/mol. The third kappa shape index (κ3) is 30.9. The van der Waals surface area contributed by atoms with Gasteiger partial charge >= 0.3 is 17.9 Å². The molecule has 60 heavy (non-hydrogen) atoms. The van der Waals surface area contributed by atoms with E-state index in [-0.39, 0.29) is 26.1 Å². The average molecular weight is 855 g/mol. The van der Waals surface area contributed by atoms with Crippen LogP contribution in [0.25, 0.3) is 0 Å². The lowest BCUT2D eigenvalue weighted by Crippen LogP contribution is -2.60. The highest BCUT2D eigenvalue weighted by Gasteiger charge is 2.47. The molecule has 0 amide bonds. The molecule has 1 aliphatic rings. The van der Waals surface area contributed by atoms with Crippen LogP contribution < -0.4 is 0 Å². The fourth-order valence-corrected chi connectivity index (χ4v) is 7.70. The van der Waals surface area contributed by atoms with Crippen LogP contribution in [0.15, 0.2) is 12.2 Å². The number of hydrogen-bond donors (Lipinski definition) is 4. The molecule has 0 radical (unpaired) electrons. The van der Waals surface area contributed by atoms with Gasteiger partial charge in [-0.25, -0.2) is 4.79 Å². The molecule has 0 bridgehead atoms. The second-order valence-electron chi connectivity index (χ2n) is 17.3. The van der Waals surface area contributed by atoms with Crippen molar-refractivity contribution in [1.29, 1.82) is 0 Å². The van der Waals surface area contributed by atoms with E-state index < -0.39 is 54.7 Å². The van der Waals surface area contributed by atoms with E-state index in [2.05, 4.69) is 26.0 Å². The summed E-state index contributed by atoms with van der Waals surface area (Å²) in [6, 6.07) is 0. The quantitative estimate of drug-likeness (QED) is 0.0262. The van der Waals surface area contributed by atoms with Gasteiger partial charge in [0.25, 0.3) is 0 Å². The van der Waals surface area contributed by atoms with Crippen LogP contribution in [0.4, 0.5) is 0 Å². The maximum Gasteiger partial charge on any atom is 0.335 e. The molecule has 0 aromatic heterocycles. The smallest absolute Gasteiger partial charge is 0.335 e. The Bertz CT molecular complexity index is 1050. The molecule has 1 aliphatic heterocycles. The number of allylic oxidation sites excluding steroid dienone is 2. The molecule has 6 atom stereocenters. The Morgan fingerprint density at radius 2 is 0.883 bits per heavy atom. The zero-order chi connectivity index (χ0) is 43.9. The number of aliphatic carboxylic acids is 1. The highest BCUT2D eigenvalue weighted by Crippen LogP contribution is 2.23. The monoisotopic (exact) mass is 855 g/mol. The summed E-state index contributed by atoms with van der Waals surface area (Å²) in [4.78, 5) is 36.9. The van der Waals surface area contributed by atoms with Crippen LogP contribution in [0.2, 0.25) is 0 Å². The van der Waals surface area contributed by atoms with Crippen LogP contribution in [0.5, 0.6) is 0 Å². The maximum absolute atomic E-state index is 12.8. The molecule has 1 heterocycles. The van der Waals surface area contributed by atoms with Gasteiger partial charge in [-0.3, -0.25) is 9.59 Å². The molecule has 0 aliphatic carbocycles. The molecule has 11 nitrogen and oxygen atoms in total. The number of esters is 2. The lowest BCUT2D eigenvalue weighted by atomic mass is 9.99. The Kier molecular flexibility index (Phi) is 37.1. The molecule has 0 spiro atoms. The van der Waals surface area contributed by atoms with Crippen molar-refractivity contribution < 1.29 is 53.8 Å². The number of carboxylic acids is 1. The van der Waals surface area contributed by atoms with E-state index in [0.29, 0.717) is 12.8 Å². The van der Waals surface area contributed by atoms with Crippen LogP contribution in [-0.4, -0.2) is 88.4 Å². The summed E-state index contributed by atoms with van der Waals surface area (Å²) < 4.78 is 21.8. The van der Waals surface area contributed by atoms with Gasteiger partial charge in [0.15, 0.2) is 18.5 Å². The third-order valence-electron chi connectivity index (χ3n) is 11.6. The predicted octanol–water partition coefficient (Wildman–Crippen LogP) is 11.2. The SMILES string of the molecule is CCCCCCCCCC/C=C\CCCCCCCCCCCC(=O)OCC(COC1OC(C(=O)O)C(O)C(O)C1O)OC(=O)CCCCCCCCCCCCCCC. The fourth-order valence-electron chi connectivity index (χ4n) is 7.70. The summed E-state index contributed by atoms with van der Waals surface area (Å²) in [7, 11) is 0. The molecule has 1 rings (SSSR count). The Morgan fingerprint density at radius 1 is 0.500 bits per heavy atom. The number of aliphatic hydroxyl groups excluding tert-OH is 3. The summed E-state index contributed by atoms with van der Waals surface area (Å²) in [5.41, 5.74) is 0. The maximum atomic E-state index is 12.8. The first-order chi connectivity index (χ1) is 29.2. The largest absolute Gasteiger partial charge is 0.479 e. The van der Waals surface area contributed by atoms with Gasteiger partial charge in [-0.1, -0.05) is 193 Å². The molecule has 0 aromatic carbocycles. The number of carbonyl (C=O) groups excluding carboxylic acids is 2. The fraction of sp³-hybridized carbons (Fsp3) is 0.898. The Morgan fingerprint density at radius 3 is 1.30 bits per heavy atom. The first-order valence-corrected chi connectivity index (χ1v) is 24.7. The van der Waals surface area contributed by atoms with Gasteiger partial charge in [0.2, 0.25) is 0 Å². The number of unbranched alkanes of at least 4 members (excludes halogenated alkanes) is 29. The number of aliphatic hydroxyl groups is 3. The van der Waals surface area contributed by atoms with Gasteiger partial charge < -0.3 is 39.4 Å². The highest BCUT2D eigenvalue weighted by atomic mass is 16.7. The molecular formula is C49H90O11. The van der Waals surface area contributed by atoms with Gasteiger partial charge in [-0.05, 0) is 38.5 Å². The van der Waals surface area contributed by atoms with Crippen LogP contribution in [0.3, 0.4) is 0 Å². The molecular weight excluding hydrogens is 765 g/mol. The second kappa shape index (κ2) is 39.8. The van der Waals surface area contributed by atoms with Crippen molar-refractivity contribution in [3.8, 4) is 0 Å². The van der Waals surface area contributed by atoms with Crippen LogP contribution >= 0.6 is 0 Å².